The van der Waals surface area contributed by atoms with Crippen LogP contribution in [0.5, 0.6) is 0 Å². The summed E-state index contributed by atoms with van der Waals surface area (Å²) in [4.78, 5) is 13.8. The Morgan fingerprint density at radius 2 is 2.33 bits per heavy atom. The van der Waals surface area contributed by atoms with Gasteiger partial charge in [0.1, 0.15) is 12.3 Å². The van der Waals surface area contributed by atoms with E-state index in [0.29, 0.717) is 4.47 Å². The standard InChI is InChI=1S/C8H9BrF2N2O2/c9-5-1-6(12-2-5)7(15)13-3-8(10,11)4-14/h1-2,12,14H,3-4H2,(H,13,15). The van der Waals surface area contributed by atoms with Gasteiger partial charge in [-0.15, -0.1) is 0 Å². The van der Waals surface area contributed by atoms with Crippen molar-refractivity contribution in [1.82, 2.24) is 10.3 Å². The lowest BCUT2D eigenvalue weighted by Gasteiger charge is -2.13. The molecule has 0 aliphatic carbocycles. The van der Waals surface area contributed by atoms with Crippen molar-refractivity contribution in [2.45, 2.75) is 5.92 Å². The average molecular weight is 283 g/mol. The molecular formula is C8H9BrF2N2O2. The van der Waals surface area contributed by atoms with E-state index in [1.807, 2.05) is 5.32 Å². The quantitative estimate of drug-likeness (QED) is 0.775. The van der Waals surface area contributed by atoms with Gasteiger partial charge in [0.2, 0.25) is 0 Å². The zero-order chi connectivity index (χ0) is 11.5. The Kier molecular flexibility index (Phi) is 3.81. The van der Waals surface area contributed by atoms with Gasteiger partial charge in [-0.3, -0.25) is 4.79 Å². The predicted molar refractivity (Wildman–Crippen MR) is 52.9 cm³/mol. The van der Waals surface area contributed by atoms with Gasteiger partial charge < -0.3 is 15.4 Å². The summed E-state index contributed by atoms with van der Waals surface area (Å²) in [5.74, 6) is -3.94. The zero-order valence-electron chi connectivity index (χ0n) is 7.56. The molecule has 0 spiro atoms. The van der Waals surface area contributed by atoms with Crippen molar-refractivity contribution in [3.05, 3.63) is 22.4 Å². The molecule has 0 fully saturated rings. The molecule has 15 heavy (non-hydrogen) atoms. The maximum absolute atomic E-state index is 12.5. The van der Waals surface area contributed by atoms with Crippen LogP contribution in [0, 0.1) is 0 Å². The number of alkyl halides is 2. The van der Waals surface area contributed by atoms with Gasteiger partial charge in [-0.25, -0.2) is 8.78 Å². The molecule has 0 aromatic carbocycles. The van der Waals surface area contributed by atoms with Crippen molar-refractivity contribution >= 4 is 21.8 Å². The Morgan fingerprint density at radius 3 is 2.80 bits per heavy atom. The summed E-state index contributed by atoms with van der Waals surface area (Å²) in [5, 5.41) is 10.3. The highest BCUT2D eigenvalue weighted by Crippen LogP contribution is 2.12. The van der Waals surface area contributed by atoms with Crippen molar-refractivity contribution < 1.29 is 18.7 Å². The highest BCUT2D eigenvalue weighted by molar-refractivity contribution is 9.10. The maximum Gasteiger partial charge on any atom is 0.287 e. The van der Waals surface area contributed by atoms with Gasteiger partial charge in [0, 0.05) is 10.7 Å². The first-order valence-electron chi connectivity index (χ1n) is 4.05. The van der Waals surface area contributed by atoms with E-state index < -0.39 is 25.0 Å². The van der Waals surface area contributed by atoms with E-state index in [-0.39, 0.29) is 5.69 Å². The number of carbonyl (C=O) groups excluding carboxylic acids is 1. The van der Waals surface area contributed by atoms with E-state index in [9.17, 15) is 13.6 Å². The second-order valence-electron chi connectivity index (χ2n) is 2.93. The Labute approximate surface area is 92.8 Å². The number of hydrogen-bond acceptors (Lipinski definition) is 2. The summed E-state index contributed by atoms with van der Waals surface area (Å²) < 4.78 is 25.8. The monoisotopic (exact) mass is 282 g/mol. The van der Waals surface area contributed by atoms with Crippen molar-refractivity contribution in [1.29, 1.82) is 0 Å². The van der Waals surface area contributed by atoms with E-state index in [2.05, 4.69) is 20.9 Å². The molecule has 0 atom stereocenters. The summed E-state index contributed by atoms with van der Waals surface area (Å²) in [6, 6.07) is 1.46. The minimum atomic E-state index is -3.29. The van der Waals surface area contributed by atoms with E-state index >= 15 is 0 Å². The van der Waals surface area contributed by atoms with Crippen LogP contribution >= 0.6 is 15.9 Å². The summed E-state index contributed by atoms with van der Waals surface area (Å²) >= 11 is 3.11. The molecule has 1 heterocycles. The van der Waals surface area contributed by atoms with Gasteiger partial charge >= 0.3 is 0 Å². The SMILES string of the molecule is O=C(NCC(F)(F)CO)c1cc(Br)c[nH]1. The van der Waals surface area contributed by atoms with Gasteiger partial charge in [-0.05, 0) is 22.0 Å². The normalized spacial score (nSPS) is 11.5. The molecule has 0 saturated heterocycles. The second-order valence-corrected chi connectivity index (χ2v) is 3.84. The maximum atomic E-state index is 12.5. The second kappa shape index (κ2) is 4.71. The minimum absolute atomic E-state index is 0.176. The Bertz CT molecular complexity index is 354. The molecule has 1 aromatic rings. The smallest absolute Gasteiger partial charge is 0.287 e. The minimum Gasteiger partial charge on any atom is -0.390 e. The molecule has 4 nitrogen and oxygen atoms in total. The van der Waals surface area contributed by atoms with E-state index in [1.165, 1.54) is 12.3 Å². The number of nitrogens with one attached hydrogen (secondary N) is 2. The summed E-state index contributed by atoms with van der Waals surface area (Å²) in [7, 11) is 0. The molecule has 0 aliphatic heterocycles. The lowest BCUT2D eigenvalue weighted by molar-refractivity contribution is -0.0462. The molecule has 1 aromatic heterocycles. The fraction of sp³-hybridized carbons (Fsp3) is 0.375. The van der Waals surface area contributed by atoms with Crippen molar-refractivity contribution in [3.8, 4) is 0 Å². The number of aromatic nitrogens is 1. The molecule has 0 unspecified atom stereocenters. The predicted octanol–water partition coefficient (Wildman–Crippen LogP) is 1.13. The van der Waals surface area contributed by atoms with Gasteiger partial charge in [0.15, 0.2) is 0 Å². The van der Waals surface area contributed by atoms with E-state index in [4.69, 9.17) is 5.11 Å². The van der Waals surface area contributed by atoms with Crippen molar-refractivity contribution in [2.24, 2.45) is 0 Å². The van der Waals surface area contributed by atoms with Crippen LogP contribution in [-0.2, 0) is 0 Å². The Balaban J connectivity index is 2.50. The molecule has 3 N–H and O–H groups in total. The highest BCUT2D eigenvalue weighted by atomic mass is 79.9. The Morgan fingerprint density at radius 1 is 1.67 bits per heavy atom. The number of aromatic amines is 1. The van der Waals surface area contributed by atoms with Crippen molar-refractivity contribution in [2.75, 3.05) is 13.2 Å². The number of aliphatic hydroxyl groups is 1. The van der Waals surface area contributed by atoms with Crippen molar-refractivity contribution in [3.63, 3.8) is 0 Å². The van der Waals surface area contributed by atoms with Crippen LogP contribution in [0.25, 0.3) is 0 Å². The molecule has 0 aliphatic rings. The van der Waals surface area contributed by atoms with Crippen LogP contribution in [0.4, 0.5) is 8.78 Å². The number of aliphatic hydroxyl groups excluding tert-OH is 1. The topological polar surface area (TPSA) is 65.1 Å². The molecule has 0 radical (unpaired) electrons. The molecule has 84 valence electrons. The van der Waals surface area contributed by atoms with Crippen LogP contribution in [0.15, 0.2) is 16.7 Å². The van der Waals surface area contributed by atoms with Gasteiger partial charge in [0.05, 0.1) is 6.54 Å². The highest BCUT2D eigenvalue weighted by Gasteiger charge is 2.28. The zero-order valence-corrected chi connectivity index (χ0v) is 9.14. The lowest BCUT2D eigenvalue weighted by atomic mass is 10.3. The fourth-order valence-corrected chi connectivity index (χ4v) is 1.20. The number of rotatable bonds is 4. The third-order valence-corrected chi connectivity index (χ3v) is 2.09. The molecule has 0 bridgehead atoms. The van der Waals surface area contributed by atoms with Gasteiger partial charge in [-0.2, -0.15) is 0 Å². The number of amides is 1. The van der Waals surface area contributed by atoms with Crippen LogP contribution in [-0.4, -0.2) is 35.1 Å². The number of H-pyrrole nitrogens is 1. The average Bonchev–Trinajstić information content (AvgIpc) is 2.61. The molecule has 0 saturated carbocycles. The largest absolute Gasteiger partial charge is 0.390 e. The van der Waals surface area contributed by atoms with E-state index in [0.717, 1.165) is 0 Å². The van der Waals surface area contributed by atoms with Crippen LogP contribution in [0.1, 0.15) is 10.5 Å². The van der Waals surface area contributed by atoms with Crippen LogP contribution in [0.2, 0.25) is 0 Å². The van der Waals surface area contributed by atoms with Gasteiger partial charge in [0.25, 0.3) is 11.8 Å². The molecule has 1 rings (SSSR count). The first kappa shape index (κ1) is 12.1. The first-order valence-corrected chi connectivity index (χ1v) is 4.85. The third kappa shape index (κ3) is 3.60. The number of halogens is 3. The first-order chi connectivity index (χ1) is 6.94. The van der Waals surface area contributed by atoms with E-state index in [1.54, 1.807) is 0 Å². The van der Waals surface area contributed by atoms with Gasteiger partial charge in [-0.1, -0.05) is 0 Å². The summed E-state index contributed by atoms with van der Waals surface area (Å²) in [5.41, 5.74) is 0.176. The molecule has 7 heteroatoms. The third-order valence-electron chi connectivity index (χ3n) is 1.63. The summed E-state index contributed by atoms with van der Waals surface area (Å²) in [6.07, 6.45) is 1.51. The summed E-state index contributed by atoms with van der Waals surface area (Å²) in [6.45, 7) is -2.18. The number of hydrogen-bond donors (Lipinski definition) is 3. The molecular weight excluding hydrogens is 274 g/mol. The Hall–Kier alpha value is -0.950. The molecule has 1 amide bonds. The fourth-order valence-electron chi connectivity index (χ4n) is 0.860. The van der Waals surface area contributed by atoms with Crippen LogP contribution in [0.3, 0.4) is 0 Å². The lowest BCUT2D eigenvalue weighted by Crippen LogP contribution is -2.39. The van der Waals surface area contributed by atoms with Crippen LogP contribution < -0.4 is 5.32 Å². The number of carbonyl (C=O) groups is 1.